The highest BCUT2D eigenvalue weighted by Gasteiger charge is 2.32. The lowest BCUT2D eigenvalue weighted by atomic mass is 9.75. The van der Waals surface area contributed by atoms with Gasteiger partial charge in [0.2, 0.25) is 0 Å². The van der Waals surface area contributed by atoms with Gasteiger partial charge in [-0.3, -0.25) is 4.79 Å². The van der Waals surface area contributed by atoms with E-state index >= 15 is 0 Å². The number of nitrogens with one attached hydrogen (secondary N) is 1. The van der Waals surface area contributed by atoms with Gasteiger partial charge in [0.05, 0.1) is 6.04 Å². The minimum absolute atomic E-state index is 0.0429. The third-order valence-corrected chi connectivity index (χ3v) is 5.81. The summed E-state index contributed by atoms with van der Waals surface area (Å²) < 4.78 is 0. The molecule has 0 bridgehead atoms. The van der Waals surface area contributed by atoms with E-state index < -0.39 is 0 Å². The van der Waals surface area contributed by atoms with Gasteiger partial charge < -0.3 is 5.32 Å². The average Bonchev–Trinajstić information content (AvgIpc) is 2.73. The zero-order chi connectivity index (χ0) is 18.4. The van der Waals surface area contributed by atoms with Crippen molar-refractivity contribution in [3.05, 3.63) is 95.1 Å². The van der Waals surface area contributed by atoms with E-state index in [0.717, 1.165) is 31.1 Å². The molecule has 2 aliphatic rings. The van der Waals surface area contributed by atoms with Gasteiger partial charge in [0.25, 0.3) is 0 Å². The molecule has 27 heavy (non-hydrogen) atoms. The summed E-state index contributed by atoms with van der Waals surface area (Å²) in [5, 5.41) is 6.31. The molecule has 0 amide bonds. The van der Waals surface area contributed by atoms with Crippen LogP contribution in [0.3, 0.4) is 0 Å². The van der Waals surface area contributed by atoms with Gasteiger partial charge in [-0.15, -0.1) is 0 Å². The summed E-state index contributed by atoms with van der Waals surface area (Å²) >= 11 is 0. The van der Waals surface area contributed by atoms with Gasteiger partial charge in [0, 0.05) is 16.8 Å². The molecule has 1 aliphatic heterocycles. The highest BCUT2D eigenvalue weighted by molar-refractivity contribution is 6.02. The molecular weight excluding hydrogens is 330 g/mol. The van der Waals surface area contributed by atoms with E-state index in [1.807, 2.05) is 18.2 Å². The van der Waals surface area contributed by atoms with Crippen molar-refractivity contribution in [2.75, 3.05) is 5.32 Å². The molecule has 1 aliphatic carbocycles. The number of fused-ring (bicyclic) bond motifs is 4. The maximum Gasteiger partial charge on any atom is 0.150 e. The Kier molecular flexibility index (Phi) is 3.71. The minimum Gasteiger partial charge on any atom is -0.374 e. The fourth-order valence-corrected chi connectivity index (χ4v) is 4.61. The second kappa shape index (κ2) is 6.24. The van der Waals surface area contributed by atoms with Crippen molar-refractivity contribution < 1.29 is 4.79 Å². The first-order valence-electron chi connectivity index (χ1n) is 9.51. The molecule has 3 aromatic rings. The number of anilines is 1. The van der Waals surface area contributed by atoms with Gasteiger partial charge in [-0.2, -0.15) is 0 Å². The molecule has 132 valence electrons. The molecule has 0 saturated heterocycles. The van der Waals surface area contributed by atoms with Gasteiger partial charge in [-0.05, 0) is 64.5 Å². The molecule has 1 atom stereocenters. The van der Waals surface area contributed by atoms with Gasteiger partial charge in [-0.1, -0.05) is 55.1 Å². The molecule has 3 aromatic carbocycles. The summed E-state index contributed by atoms with van der Waals surface area (Å²) in [7, 11) is 0. The number of carbonyl (C=O) groups excluding carboxylic acids is 1. The normalized spacial score (nSPS) is 18.7. The van der Waals surface area contributed by atoms with Crippen molar-refractivity contribution in [1.29, 1.82) is 0 Å². The SMILES string of the molecule is C=C1CCCC2=C1C(c1cccc(C=O)c1)Nc1ccc3ccccc3c12. The molecule has 0 aromatic heterocycles. The molecule has 1 heterocycles. The molecule has 0 fully saturated rings. The van der Waals surface area contributed by atoms with Crippen LogP contribution in [0.5, 0.6) is 0 Å². The minimum atomic E-state index is 0.0429. The number of hydrogen-bond acceptors (Lipinski definition) is 2. The van der Waals surface area contributed by atoms with E-state index in [4.69, 9.17) is 0 Å². The van der Waals surface area contributed by atoms with E-state index in [-0.39, 0.29) is 6.04 Å². The topological polar surface area (TPSA) is 29.1 Å². The summed E-state index contributed by atoms with van der Waals surface area (Å²) in [6.45, 7) is 4.40. The molecule has 1 N–H and O–H groups in total. The van der Waals surface area contributed by atoms with Crippen LogP contribution in [0.2, 0.25) is 0 Å². The summed E-state index contributed by atoms with van der Waals surface area (Å²) in [4.78, 5) is 11.3. The van der Waals surface area contributed by atoms with Gasteiger partial charge in [-0.25, -0.2) is 0 Å². The maximum absolute atomic E-state index is 11.3. The second-order valence-corrected chi connectivity index (χ2v) is 7.42. The highest BCUT2D eigenvalue weighted by Crippen LogP contribution is 2.50. The Bertz CT molecular complexity index is 1120. The number of allylic oxidation sites excluding steroid dienone is 1. The number of aldehydes is 1. The van der Waals surface area contributed by atoms with Crippen LogP contribution in [-0.4, -0.2) is 6.29 Å². The first-order chi connectivity index (χ1) is 13.3. The van der Waals surface area contributed by atoms with Crippen molar-refractivity contribution in [1.82, 2.24) is 0 Å². The zero-order valence-corrected chi connectivity index (χ0v) is 15.2. The van der Waals surface area contributed by atoms with Crippen LogP contribution < -0.4 is 5.32 Å². The van der Waals surface area contributed by atoms with Gasteiger partial charge >= 0.3 is 0 Å². The maximum atomic E-state index is 11.3. The quantitative estimate of drug-likeness (QED) is 0.548. The van der Waals surface area contributed by atoms with E-state index in [9.17, 15) is 4.79 Å². The molecule has 0 saturated carbocycles. The van der Waals surface area contributed by atoms with Crippen LogP contribution in [0.25, 0.3) is 16.3 Å². The van der Waals surface area contributed by atoms with Crippen molar-refractivity contribution in [2.24, 2.45) is 0 Å². The Hall–Kier alpha value is -3.13. The van der Waals surface area contributed by atoms with Crippen LogP contribution in [0.15, 0.2) is 78.4 Å². The molecule has 2 heteroatoms. The Morgan fingerprint density at radius 1 is 1.00 bits per heavy atom. The Labute approximate surface area is 159 Å². The fourth-order valence-electron chi connectivity index (χ4n) is 4.61. The summed E-state index contributed by atoms with van der Waals surface area (Å²) in [6, 6.07) is 20.9. The smallest absolute Gasteiger partial charge is 0.150 e. The Morgan fingerprint density at radius 3 is 2.78 bits per heavy atom. The number of benzene rings is 3. The average molecular weight is 351 g/mol. The number of carbonyl (C=O) groups is 1. The third kappa shape index (κ3) is 2.52. The third-order valence-electron chi connectivity index (χ3n) is 5.81. The molecule has 0 spiro atoms. The van der Waals surface area contributed by atoms with Crippen LogP contribution in [0.4, 0.5) is 5.69 Å². The lowest BCUT2D eigenvalue weighted by molar-refractivity contribution is 0.112. The zero-order valence-electron chi connectivity index (χ0n) is 15.2. The van der Waals surface area contributed by atoms with Crippen molar-refractivity contribution in [3.63, 3.8) is 0 Å². The van der Waals surface area contributed by atoms with E-state index in [2.05, 4.69) is 54.4 Å². The van der Waals surface area contributed by atoms with Crippen LogP contribution in [0.1, 0.15) is 46.8 Å². The second-order valence-electron chi connectivity index (χ2n) is 7.42. The monoisotopic (exact) mass is 351 g/mol. The Balaban J connectivity index is 1.78. The molecule has 0 radical (unpaired) electrons. The molecule has 2 nitrogen and oxygen atoms in total. The molecule has 5 rings (SSSR count). The predicted octanol–water partition coefficient (Wildman–Crippen LogP) is 6.31. The molecular formula is C25H21NO. The largest absolute Gasteiger partial charge is 0.374 e. The number of hydrogen-bond donors (Lipinski definition) is 1. The standard InChI is InChI=1S/C25H21NO/c1-16-6-4-11-21-23(16)25(19-9-5-7-17(14-19)15-27)26-22-13-12-18-8-2-3-10-20(18)24(21)22/h2-3,5,7-10,12-15,25-26H,1,4,6,11H2. The van der Waals surface area contributed by atoms with E-state index in [0.29, 0.717) is 5.56 Å². The van der Waals surface area contributed by atoms with Crippen molar-refractivity contribution >= 4 is 28.3 Å². The molecule has 1 unspecified atom stereocenters. The summed E-state index contributed by atoms with van der Waals surface area (Å²) in [5.41, 5.74) is 8.27. The number of rotatable bonds is 2. The van der Waals surface area contributed by atoms with E-state index in [1.165, 1.54) is 38.7 Å². The van der Waals surface area contributed by atoms with E-state index in [1.54, 1.807) is 0 Å². The fraction of sp³-hybridized carbons (Fsp3) is 0.160. The van der Waals surface area contributed by atoms with Crippen LogP contribution in [0, 0.1) is 0 Å². The van der Waals surface area contributed by atoms with Crippen LogP contribution in [-0.2, 0) is 0 Å². The van der Waals surface area contributed by atoms with Gasteiger partial charge in [0.15, 0.2) is 0 Å². The highest BCUT2D eigenvalue weighted by atomic mass is 16.1. The summed E-state index contributed by atoms with van der Waals surface area (Å²) in [6.07, 6.45) is 4.16. The van der Waals surface area contributed by atoms with Crippen molar-refractivity contribution in [2.45, 2.75) is 25.3 Å². The first-order valence-corrected chi connectivity index (χ1v) is 9.51. The lowest BCUT2D eigenvalue weighted by Gasteiger charge is -2.37. The predicted molar refractivity (Wildman–Crippen MR) is 112 cm³/mol. The van der Waals surface area contributed by atoms with Crippen molar-refractivity contribution in [3.8, 4) is 0 Å². The van der Waals surface area contributed by atoms with Gasteiger partial charge in [0.1, 0.15) is 6.29 Å². The first kappa shape index (κ1) is 16.1. The Morgan fingerprint density at radius 2 is 1.89 bits per heavy atom. The van der Waals surface area contributed by atoms with Crippen LogP contribution >= 0.6 is 0 Å². The summed E-state index contributed by atoms with van der Waals surface area (Å²) in [5.74, 6) is 0. The lowest BCUT2D eigenvalue weighted by Crippen LogP contribution is -2.23.